The van der Waals surface area contributed by atoms with E-state index >= 15 is 0 Å². The number of sulfonamides is 1. The molecule has 2 aromatic rings. The van der Waals surface area contributed by atoms with Gasteiger partial charge in [0.25, 0.3) is 5.91 Å². The van der Waals surface area contributed by atoms with Gasteiger partial charge in [0.05, 0.1) is 0 Å². The lowest BCUT2D eigenvalue weighted by molar-refractivity contribution is -0.118. The van der Waals surface area contributed by atoms with Crippen molar-refractivity contribution in [3.05, 3.63) is 46.8 Å². The summed E-state index contributed by atoms with van der Waals surface area (Å²) in [6, 6.07) is 8.68. The lowest BCUT2D eigenvalue weighted by atomic mass is 10.0. The van der Waals surface area contributed by atoms with Gasteiger partial charge in [-0.1, -0.05) is 13.0 Å². The Bertz CT molecular complexity index is 1040. The summed E-state index contributed by atoms with van der Waals surface area (Å²) in [7, 11) is -3.49. The van der Waals surface area contributed by atoms with Crippen molar-refractivity contribution >= 4 is 38.9 Å². The van der Waals surface area contributed by atoms with Crippen molar-refractivity contribution in [2.24, 2.45) is 0 Å². The van der Waals surface area contributed by atoms with E-state index in [4.69, 9.17) is 0 Å². The van der Waals surface area contributed by atoms with Gasteiger partial charge in [-0.15, -0.1) is 11.3 Å². The van der Waals surface area contributed by atoms with Gasteiger partial charge in [-0.25, -0.2) is 13.1 Å². The first-order chi connectivity index (χ1) is 14.4. The van der Waals surface area contributed by atoms with E-state index in [2.05, 4.69) is 4.72 Å². The Morgan fingerprint density at radius 1 is 1.17 bits per heavy atom. The van der Waals surface area contributed by atoms with E-state index in [-0.39, 0.29) is 17.9 Å². The van der Waals surface area contributed by atoms with E-state index in [9.17, 15) is 18.0 Å². The van der Waals surface area contributed by atoms with E-state index in [1.807, 2.05) is 19.1 Å². The van der Waals surface area contributed by atoms with Crippen LogP contribution in [0.25, 0.3) is 0 Å². The van der Waals surface area contributed by atoms with E-state index in [1.54, 1.807) is 33.4 Å². The van der Waals surface area contributed by atoms with Crippen LogP contribution in [0.4, 0.5) is 5.69 Å². The number of fused-ring (bicyclic) bond motifs is 1. The highest BCUT2D eigenvalue weighted by Gasteiger charge is 2.29. The van der Waals surface area contributed by atoms with Gasteiger partial charge in [-0.2, -0.15) is 0 Å². The van der Waals surface area contributed by atoms with Crippen LogP contribution in [0.2, 0.25) is 0 Å². The Balaban J connectivity index is 1.38. The average Bonchev–Trinajstić information content (AvgIpc) is 3.43. The molecular weight excluding hydrogens is 422 g/mol. The summed E-state index contributed by atoms with van der Waals surface area (Å²) in [6.07, 6.45) is 2.39. The van der Waals surface area contributed by atoms with Gasteiger partial charge in [0.1, 0.15) is 4.21 Å². The second-order valence-corrected chi connectivity index (χ2v) is 10.5. The van der Waals surface area contributed by atoms with E-state index in [1.165, 1.54) is 11.3 Å². The number of benzene rings is 1. The molecule has 1 saturated heterocycles. The van der Waals surface area contributed by atoms with Crippen LogP contribution in [0, 0.1) is 0 Å². The maximum Gasteiger partial charge on any atom is 0.253 e. The molecule has 160 valence electrons. The molecule has 0 atom stereocenters. The Labute approximate surface area is 180 Å². The number of piperidine rings is 1. The van der Waals surface area contributed by atoms with Gasteiger partial charge < -0.3 is 9.80 Å². The zero-order valence-corrected chi connectivity index (χ0v) is 18.5. The molecule has 4 rings (SSSR count). The molecule has 0 unspecified atom stereocenters. The van der Waals surface area contributed by atoms with Crippen LogP contribution < -0.4 is 9.62 Å². The molecule has 9 heteroatoms. The van der Waals surface area contributed by atoms with Crippen molar-refractivity contribution in [2.75, 3.05) is 24.5 Å². The maximum absolute atomic E-state index is 13.0. The molecule has 2 amide bonds. The van der Waals surface area contributed by atoms with Crippen molar-refractivity contribution in [3.8, 4) is 0 Å². The number of thiophene rings is 1. The zero-order valence-electron chi connectivity index (χ0n) is 16.8. The van der Waals surface area contributed by atoms with Crippen LogP contribution in [0.1, 0.15) is 42.1 Å². The minimum absolute atomic E-state index is 0.0439. The third-order valence-corrected chi connectivity index (χ3v) is 8.61. The third-order valence-electron chi connectivity index (χ3n) is 5.69. The Morgan fingerprint density at radius 3 is 2.60 bits per heavy atom. The lowest BCUT2D eigenvalue weighted by Gasteiger charge is -2.32. The fraction of sp³-hybridized carbons (Fsp3) is 0.429. The van der Waals surface area contributed by atoms with Crippen molar-refractivity contribution in [2.45, 2.75) is 42.9 Å². The first-order valence-electron chi connectivity index (χ1n) is 10.2. The molecule has 1 aromatic carbocycles. The molecule has 0 bridgehead atoms. The molecular formula is C21H25N3O4S2. The summed E-state index contributed by atoms with van der Waals surface area (Å²) in [5.74, 6) is 0.0533. The molecule has 3 heterocycles. The third kappa shape index (κ3) is 4.14. The normalized spacial score (nSPS) is 17.2. The van der Waals surface area contributed by atoms with E-state index in [0.717, 1.165) is 17.7 Å². The molecule has 0 radical (unpaired) electrons. The van der Waals surface area contributed by atoms with Crippen molar-refractivity contribution in [1.29, 1.82) is 0 Å². The highest BCUT2D eigenvalue weighted by molar-refractivity contribution is 7.91. The Kier molecular flexibility index (Phi) is 5.95. The Hall–Kier alpha value is -2.23. The molecule has 1 N–H and O–H groups in total. The number of carbonyl (C=O) groups is 2. The molecule has 0 spiro atoms. The minimum Gasteiger partial charge on any atom is -0.339 e. The smallest absolute Gasteiger partial charge is 0.253 e. The van der Waals surface area contributed by atoms with Crippen LogP contribution in [-0.2, 0) is 21.2 Å². The SMILES string of the molecule is CCC(=O)N1CCc2cc(C(=O)N3CCC(NS(=O)(=O)c4cccs4)CC3)ccc21. The summed E-state index contributed by atoms with van der Waals surface area (Å²) in [4.78, 5) is 28.6. The summed E-state index contributed by atoms with van der Waals surface area (Å²) < 4.78 is 27.9. The standard InChI is InChI=1S/C21H25N3O4S2/c1-2-19(25)24-12-7-15-14-16(5-6-18(15)24)21(26)23-10-8-17(9-11-23)22-30(27,28)20-4-3-13-29-20/h3-6,13-14,17,22H,2,7-12H2,1H3. The quantitative estimate of drug-likeness (QED) is 0.763. The number of hydrogen-bond donors (Lipinski definition) is 1. The van der Waals surface area contributed by atoms with Gasteiger partial charge in [-0.3, -0.25) is 9.59 Å². The van der Waals surface area contributed by atoms with Crippen LogP contribution in [0.5, 0.6) is 0 Å². The van der Waals surface area contributed by atoms with E-state index < -0.39 is 10.0 Å². The van der Waals surface area contributed by atoms with Gasteiger partial charge in [-0.05, 0) is 54.5 Å². The fourth-order valence-electron chi connectivity index (χ4n) is 4.06. The van der Waals surface area contributed by atoms with Crippen LogP contribution in [0.15, 0.2) is 39.9 Å². The van der Waals surface area contributed by atoms with Crippen LogP contribution >= 0.6 is 11.3 Å². The predicted molar refractivity (Wildman–Crippen MR) is 116 cm³/mol. The van der Waals surface area contributed by atoms with Crippen molar-refractivity contribution < 1.29 is 18.0 Å². The predicted octanol–water partition coefficient (Wildman–Crippen LogP) is 2.63. The first-order valence-corrected chi connectivity index (χ1v) is 12.5. The monoisotopic (exact) mass is 447 g/mol. The van der Waals surface area contributed by atoms with Gasteiger partial charge >= 0.3 is 0 Å². The van der Waals surface area contributed by atoms with Crippen LogP contribution in [-0.4, -0.2) is 50.8 Å². The largest absolute Gasteiger partial charge is 0.339 e. The number of likely N-dealkylation sites (tertiary alicyclic amines) is 1. The first kappa shape index (κ1) is 21.0. The maximum atomic E-state index is 13.0. The van der Waals surface area contributed by atoms with Gasteiger partial charge in [0.2, 0.25) is 15.9 Å². The fourth-order valence-corrected chi connectivity index (χ4v) is 6.38. The second kappa shape index (κ2) is 8.49. The average molecular weight is 448 g/mol. The van der Waals surface area contributed by atoms with Gasteiger partial charge in [0, 0.05) is 43.3 Å². The topological polar surface area (TPSA) is 86.8 Å². The lowest BCUT2D eigenvalue weighted by Crippen LogP contribution is -2.46. The zero-order chi connectivity index (χ0) is 21.3. The summed E-state index contributed by atoms with van der Waals surface area (Å²) in [5.41, 5.74) is 2.55. The summed E-state index contributed by atoms with van der Waals surface area (Å²) in [6.45, 7) is 3.53. The molecule has 2 aliphatic rings. The molecule has 1 fully saturated rings. The van der Waals surface area contributed by atoms with Gasteiger partial charge in [0.15, 0.2) is 0 Å². The number of hydrogen-bond acceptors (Lipinski definition) is 5. The highest BCUT2D eigenvalue weighted by Crippen LogP contribution is 2.30. The highest BCUT2D eigenvalue weighted by atomic mass is 32.2. The number of rotatable bonds is 5. The minimum atomic E-state index is -3.49. The number of nitrogens with one attached hydrogen (secondary N) is 1. The molecule has 7 nitrogen and oxygen atoms in total. The van der Waals surface area contributed by atoms with E-state index in [0.29, 0.717) is 48.7 Å². The number of anilines is 1. The molecule has 2 aliphatic heterocycles. The molecule has 0 aliphatic carbocycles. The molecule has 30 heavy (non-hydrogen) atoms. The Morgan fingerprint density at radius 2 is 1.93 bits per heavy atom. The van der Waals surface area contributed by atoms with Crippen LogP contribution in [0.3, 0.4) is 0 Å². The van der Waals surface area contributed by atoms with Crippen molar-refractivity contribution in [1.82, 2.24) is 9.62 Å². The van der Waals surface area contributed by atoms with Crippen molar-refractivity contribution in [3.63, 3.8) is 0 Å². The summed E-state index contributed by atoms with van der Waals surface area (Å²) >= 11 is 1.19. The molecule has 0 saturated carbocycles. The molecule has 1 aromatic heterocycles. The number of nitrogens with zero attached hydrogens (tertiary/aromatic N) is 2. The summed E-state index contributed by atoms with van der Waals surface area (Å²) in [5, 5.41) is 1.74. The number of carbonyl (C=O) groups excluding carboxylic acids is 2. The number of amides is 2. The second-order valence-electron chi connectivity index (χ2n) is 7.61.